The van der Waals surface area contributed by atoms with Crippen molar-refractivity contribution in [2.45, 2.75) is 6.54 Å². The average molecular weight is 281 g/mol. The maximum atomic E-state index is 12.3. The van der Waals surface area contributed by atoms with E-state index in [-0.39, 0.29) is 23.3 Å². The Morgan fingerprint density at radius 3 is 2.38 bits per heavy atom. The summed E-state index contributed by atoms with van der Waals surface area (Å²) >= 11 is 0. The summed E-state index contributed by atoms with van der Waals surface area (Å²) in [5, 5.41) is 0.276. The first kappa shape index (κ1) is 13.1. The SMILES string of the molecule is O=C(Cn1c(=O)oc2ccccc2c1=O)c1ccccc1. The van der Waals surface area contributed by atoms with Crippen molar-refractivity contribution in [3.05, 3.63) is 81.1 Å². The third kappa shape index (κ3) is 2.41. The molecule has 104 valence electrons. The van der Waals surface area contributed by atoms with E-state index in [1.165, 1.54) is 0 Å². The van der Waals surface area contributed by atoms with Gasteiger partial charge in [-0.15, -0.1) is 0 Å². The first-order chi connectivity index (χ1) is 10.2. The van der Waals surface area contributed by atoms with Gasteiger partial charge in [0.05, 0.1) is 11.9 Å². The molecule has 21 heavy (non-hydrogen) atoms. The number of aromatic nitrogens is 1. The Hall–Kier alpha value is -2.95. The van der Waals surface area contributed by atoms with Gasteiger partial charge in [0.2, 0.25) is 0 Å². The number of rotatable bonds is 3. The van der Waals surface area contributed by atoms with E-state index in [1.54, 1.807) is 54.6 Å². The summed E-state index contributed by atoms with van der Waals surface area (Å²) in [6, 6.07) is 14.9. The summed E-state index contributed by atoms with van der Waals surface area (Å²) in [6.07, 6.45) is 0. The van der Waals surface area contributed by atoms with E-state index in [0.717, 1.165) is 4.57 Å². The lowest BCUT2D eigenvalue weighted by Crippen LogP contribution is -2.35. The number of para-hydroxylation sites is 1. The van der Waals surface area contributed by atoms with Crippen molar-refractivity contribution in [3.8, 4) is 0 Å². The van der Waals surface area contributed by atoms with Crippen LogP contribution in [0.5, 0.6) is 0 Å². The zero-order chi connectivity index (χ0) is 14.8. The number of Topliss-reactive ketones (excluding diaryl/α,β-unsaturated/α-hetero) is 1. The second-order valence-corrected chi connectivity index (χ2v) is 4.54. The van der Waals surface area contributed by atoms with Crippen LogP contribution in [0.2, 0.25) is 0 Å². The van der Waals surface area contributed by atoms with Gasteiger partial charge in [0, 0.05) is 5.56 Å². The molecule has 0 atom stereocenters. The summed E-state index contributed by atoms with van der Waals surface area (Å²) in [4.78, 5) is 36.2. The Morgan fingerprint density at radius 2 is 1.62 bits per heavy atom. The molecule has 0 aliphatic carbocycles. The van der Waals surface area contributed by atoms with Crippen molar-refractivity contribution >= 4 is 16.8 Å². The van der Waals surface area contributed by atoms with Crippen LogP contribution >= 0.6 is 0 Å². The molecule has 1 heterocycles. The van der Waals surface area contributed by atoms with Crippen LogP contribution in [-0.2, 0) is 6.54 Å². The number of nitrogens with zero attached hydrogens (tertiary/aromatic N) is 1. The molecule has 3 aromatic rings. The lowest BCUT2D eigenvalue weighted by molar-refractivity contribution is 0.0966. The van der Waals surface area contributed by atoms with Crippen molar-refractivity contribution in [1.82, 2.24) is 4.57 Å². The smallest absolute Gasteiger partial charge is 0.409 e. The van der Waals surface area contributed by atoms with E-state index in [1.807, 2.05) is 0 Å². The fourth-order valence-corrected chi connectivity index (χ4v) is 2.11. The predicted octanol–water partition coefficient (Wildman–Crippen LogP) is 1.84. The van der Waals surface area contributed by atoms with Crippen molar-refractivity contribution in [1.29, 1.82) is 0 Å². The summed E-state index contributed by atoms with van der Waals surface area (Å²) < 4.78 is 5.88. The molecule has 0 aliphatic rings. The largest absolute Gasteiger partial charge is 0.422 e. The molecular weight excluding hydrogens is 270 g/mol. The van der Waals surface area contributed by atoms with Crippen LogP contribution in [0, 0.1) is 0 Å². The Balaban J connectivity index is 2.08. The van der Waals surface area contributed by atoms with E-state index >= 15 is 0 Å². The number of hydrogen-bond acceptors (Lipinski definition) is 4. The van der Waals surface area contributed by atoms with Gasteiger partial charge in [-0.1, -0.05) is 42.5 Å². The molecule has 0 N–H and O–H groups in total. The van der Waals surface area contributed by atoms with Gasteiger partial charge in [0.15, 0.2) is 5.78 Å². The fourth-order valence-electron chi connectivity index (χ4n) is 2.11. The van der Waals surface area contributed by atoms with Gasteiger partial charge in [0.1, 0.15) is 5.58 Å². The zero-order valence-corrected chi connectivity index (χ0v) is 11.0. The number of benzene rings is 2. The highest BCUT2D eigenvalue weighted by atomic mass is 16.4. The maximum Gasteiger partial charge on any atom is 0.422 e. The van der Waals surface area contributed by atoms with Crippen LogP contribution in [0.15, 0.2) is 68.6 Å². The van der Waals surface area contributed by atoms with Gasteiger partial charge in [0.25, 0.3) is 5.56 Å². The Kier molecular flexibility index (Phi) is 3.23. The number of ketones is 1. The van der Waals surface area contributed by atoms with Crippen molar-refractivity contribution in [2.75, 3.05) is 0 Å². The standard InChI is InChI=1S/C16H11NO4/c18-13(11-6-2-1-3-7-11)10-17-15(19)12-8-4-5-9-14(12)21-16(17)20/h1-9H,10H2. The molecule has 2 aromatic carbocycles. The maximum absolute atomic E-state index is 12.3. The van der Waals surface area contributed by atoms with Crippen LogP contribution in [-0.4, -0.2) is 10.4 Å². The van der Waals surface area contributed by atoms with Gasteiger partial charge in [-0.3, -0.25) is 9.59 Å². The van der Waals surface area contributed by atoms with Crippen molar-refractivity contribution in [2.24, 2.45) is 0 Å². The molecule has 3 rings (SSSR count). The molecular formula is C16H11NO4. The van der Waals surface area contributed by atoms with Gasteiger partial charge < -0.3 is 4.42 Å². The molecule has 0 radical (unpaired) electrons. The summed E-state index contributed by atoms with van der Waals surface area (Å²) in [5.41, 5.74) is 0.138. The van der Waals surface area contributed by atoms with Crippen LogP contribution in [0.25, 0.3) is 11.0 Å². The minimum atomic E-state index is -0.831. The van der Waals surface area contributed by atoms with E-state index in [2.05, 4.69) is 0 Å². The van der Waals surface area contributed by atoms with Gasteiger partial charge in [-0.2, -0.15) is 0 Å². The van der Waals surface area contributed by atoms with Crippen LogP contribution in [0.4, 0.5) is 0 Å². The van der Waals surface area contributed by atoms with Crippen LogP contribution in [0.1, 0.15) is 10.4 Å². The lowest BCUT2D eigenvalue weighted by atomic mass is 10.1. The summed E-state index contributed by atoms with van der Waals surface area (Å²) in [6.45, 7) is -0.337. The van der Waals surface area contributed by atoms with E-state index in [9.17, 15) is 14.4 Å². The molecule has 0 bridgehead atoms. The predicted molar refractivity (Wildman–Crippen MR) is 77.5 cm³/mol. The highest BCUT2D eigenvalue weighted by molar-refractivity contribution is 5.95. The van der Waals surface area contributed by atoms with E-state index in [4.69, 9.17) is 4.42 Å². The lowest BCUT2D eigenvalue weighted by Gasteiger charge is -2.04. The topological polar surface area (TPSA) is 69.3 Å². The van der Waals surface area contributed by atoms with Crippen LogP contribution < -0.4 is 11.3 Å². The number of carbonyl (C=O) groups is 1. The highest BCUT2D eigenvalue weighted by Gasteiger charge is 2.13. The first-order valence-electron chi connectivity index (χ1n) is 6.38. The first-order valence-corrected chi connectivity index (χ1v) is 6.38. The third-order valence-corrected chi connectivity index (χ3v) is 3.18. The zero-order valence-electron chi connectivity index (χ0n) is 11.0. The van der Waals surface area contributed by atoms with E-state index in [0.29, 0.717) is 5.56 Å². The number of hydrogen-bond donors (Lipinski definition) is 0. The molecule has 5 heteroatoms. The van der Waals surface area contributed by atoms with Gasteiger partial charge in [-0.25, -0.2) is 9.36 Å². The minimum absolute atomic E-state index is 0.218. The Labute approximate surface area is 119 Å². The Morgan fingerprint density at radius 1 is 0.952 bits per heavy atom. The summed E-state index contributed by atoms with van der Waals surface area (Å²) in [5.74, 6) is -1.15. The molecule has 0 saturated heterocycles. The van der Waals surface area contributed by atoms with Crippen LogP contribution in [0.3, 0.4) is 0 Å². The molecule has 0 spiro atoms. The van der Waals surface area contributed by atoms with Crippen molar-refractivity contribution < 1.29 is 9.21 Å². The third-order valence-electron chi connectivity index (χ3n) is 3.18. The molecule has 1 aromatic heterocycles. The summed E-state index contributed by atoms with van der Waals surface area (Å²) in [7, 11) is 0. The minimum Gasteiger partial charge on any atom is -0.409 e. The quantitative estimate of drug-likeness (QED) is 0.687. The molecule has 0 unspecified atom stereocenters. The van der Waals surface area contributed by atoms with E-state index < -0.39 is 11.3 Å². The Bertz CT molecular complexity index is 922. The molecule has 0 fully saturated rings. The number of fused-ring (bicyclic) bond motifs is 1. The molecule has 0 saturated carbocycles. The molecule has 0 aliphatic heterocycles. The second kappa shape index (κ2) is 5.20. The van der Waals surface area contributed by atoms with Crippen molar-refractivity contribution in [3.63, 3.8) is 0 Å². The normalized spacial score (nSPS) is 10.7. The highest BCUT2D eigenvalue weighted by Crippen LogP contribution is 2.06. The number of carbonyl (C=O) groups excluding carboxylic acids is 1. The van der Waals surface area contributed by atoms with Gasteiger partial charge in [-0.05, 0) is 12.1 Å². The average Bonchev–Trinajstić information content (AvgIpc) is 2.52. The second-order valence-electron chi connectivity index (χ2n) is 4.54. The fraction of sp³-hybridized carbons (Fsp3) is 0.0625. The van der Waals surface area contributed by atoms with Gasteiger partial charge >= 0.3 is 5.76 Å². The molecule has 0 amide bonds. The molecule has 5 nitrogen and oxygen atoms in total. The monoisotopic (exact) mass is 281 g/mol.